The van der Waals surface area contributed by atoms with Crippen LogP contribution in [-0.2, 0) is 4.74 Å². The van der Waals surface area contributed by atoms with Crippen molar-refractivity contribution in [2.45, 2.75) is 32.0 Å². The van der Waals surface area contributed by atoms with Gasteiger partial charge in [-0.25, -0.2) is 0 Å². The van der Waals surface area contributed by atoms with Gasteiger partial charge in [0.2, 0.25) is 0 Å². The Bertz CT molecular complexity index is 275. The summed E-state index contributed by atoms with van der Waals surface area (Å²) in [5.41, 5.74) is 0. The molecule has 2 atom stereocenters. The van der Waals surface area contributed by atoms with E-state index in [1.54, 1.807) is 7.11 Å². The van der Waals surface area contributed by atoms with E-state index in [0.717, 1.165) is 11.3 Å². The van der Waals surface area contributed by atoms with Crippen molar-refractivity contribution >= 4 is 22.9 Å². The summed E-state index contributed by atoms with van der Waals surface area (Å²) in [5.74, 6) is 0. The van der Waals surface area contributed by atoms with Gasteiger partial charge in [0, 0.05) is 7.11 Å². The van der Waals surface area contributed by atoms with E-state index in [9.17, 15) is 5.11 Å². The van der Waals surface area contributed by atoms with Gasteiger partial charge >= 0.3 is 0 Å². The molecule has 0 saturated heterocycles. The van der Waals surface area contributed by atoms with Crippen LogP contribution in [0.4, 0.5) is 0 Å². The molecule has 0 spiro atoms. The lowest BCUT2D eigenvalue weighted by Crippen LogP contribution is -2.07. The highest BCUT2D eigenvalue weighted by molar-refractivity contribution is 7.10. The molecule has 2 nitrogen and oxygen atoms in total. The highest BCUT2D eigenvalue weighted by Crippen LogP contribution is 2.31. The van der Waals surface area contributed by atoms with Gasteiger partial charge in [-0.3, -0.25) is 0 Å². The second-order valence-corrected chi connectivity index (χ2v) is 4.63. The predicted octanol–water partition coefficient (Wildman–Crippen LogP) is 3.25. The Balaban J connectivity index is 2.43. The van der Waals surface area contributed by atoms with Crippen LogP contribution in [0.3, 0.4) is 0 Å². The summed E-state index contributed by atoms with van der Waals surface area (Å²) >= 11 is 7.40. The Morgan fingerprint density at radius 1 is 1.57 bits per heavy atom. The lowest BCUT2D eigenvalue weighted by molar-refractivity contribution is 0.0860. The molecule has 14 heavy (non-hydrogen) atoms. The lowest BCUT2D eigenvalue weighted by Gasteiger charge is -2.12. The zero-order chi connectivity index (χ0) is 10.6. The molecule has 0 aliphatic rings. The smallest absolute Gasteiger partial charge is 0.0897 e. The van der Waals surface area contributed by atoms with Crippen LogP contribution in [0.1, 0.15) is 30.7 Å². The van der Waals surface area contributed by atoms with Crippen molar-refractivity contribution in [3.8, 4) is 0 Å². The third-order valence-corrected chi connectivity index (χ3v) is 3.66. The minimum atomic E-state index is -0.458. The summed E-state index contributed by atoms with van der Waals surface area (Å²) in [6.45, 7) is 1.99. The van der Waals surface area contributed by atoms with Gasteiger partial charge in [0.05, 0.1) is 22.1 Å². The zero-order valence-corrected chi connectivity index (χ0v) is 9.94. The van der Waals surface area contributed by atoms with Gasteiger partial charge in [0.1, 0.15) is 0 Å². The summed E-state index contributed by atoms with van der Waals surface area (Å²) in [4.78, 5) is 0.856. The first-order valence-corrected chi connectivity index (χ1v) is 5.84. The molecule has 0 saturated carbocycles. The van der Waals surface area contributed by atoms with Crippen molar-refractivity contribution in [3.63, 3.8) is 0 Å². The van der Waals surface area contributed by atoms with Crippen molar-refractivity contribution in [1.82, 2.24) is 0 Å². The zero-order valence-electron chi connectivity index (χ0n) is 8.37. The first-order chi connectivity index (χ1) is 6.65. The molecule has 4 heteroatoms. The van der Waals surface area contributed by atoms with E-state index < -0.39 is 6.10 Å². The second kappa shape index (κ2) is 5.71. The van der Waals surface area contributed by atoms with E-state index in [4.69, 9.17) is 16.3 Å². The molecule has 0 aliphatic carbocycles. The van der Waals surface area contributed by atoms with Crippen LogP contribution in [-0.4, -0.2) is 18.3 Å². The van der Waals surface area contributed by atoms with Gasteiger partial charge in [-0.05, 0) is 31.2 Å². The van der Waals surface area contributed by atoms with Crippen molar-refractivity contribution in [1.29, 1.82) is 0 Å². The molecule has 0 fully saturated rings. The molecular formula is C10H15ClO2S. The molecule has 1 heterocycles. The van der Waals surface area contributed by atoms with Crippen LogP contribution in [0.2, 0.25) is 5.02 Å². The monoisotopic (exact) mass is 234 g/mol. The summed E-state index contributed by atoms with van der Waals surface area (Å²) in [5, 5.41) is 12.4. The summed E-state index contributed by atoms with van der Waals surface area (Å²) < 4.78 is 5.11. The van der Waals surface area contributed by atoms with E-state index in [2.05, 4.69) is 0 Å². The average Bonchev–Trinajstić information content (AvgIpc) is 2.60. The number of hydrogen-bond donors (Lipinski definition) is 1. The predicted molar refractivity (Wildman–Crippen MR) is 60.0 cm³/mol. The van der Waals surface area contributed by atoms with Crippen LogP contribution in [0.25, 0.3) is 0 Å². The topological polar surface area (TPSA) is 29.5 Å². The van der Waals surface area contributed by atoms with E-state index >= 15 is 0 Å². The van der Waals surface area contributed by atoms with Crippen LogP contribution in [0, 0.1) is 0 Å². The number of thiophene rings is 1. The van der Waals surface area contributed by atoms with Gasteiger partial charge in [0.25, 0.3) is 0 Å². The number of hydrogen-bond acceptors (Lipinski definition) is 3. The maximum absolute atomic E-state index is 9.81. The molecule has 0 radical (unpaired) electrons. The van der Waals surface area contributed by atoms with E-state index in [0.29, 0.717) is 11.4 Å². The van der Waals surface area contributed by atoms with Crippen LogP contribution in [0.5, 0.6) is 0 Å². The van der Waals surface area contributed by atoms with Crippen molar-refractivity contribution in [2.24, 2.45) is 0 Å². The Kier molecular flexibility index (Phi) is 4.89. The van der Waals surface area contributed by atoms with Gasteiger partial charge in [-0.15, -0.1) is 11.3 Å². The van der Waals surface area contributed by atoms with Gasteiger partial charge in [-0.1, -0.05) is 11.6 Å². The molecular weight excluding hydrogens is 220 g/mol. The minimum Gasteiger partial charge on any atom is -0.388 e. The average molecular weight is 235 g/mol. The largest absolute Gasteiger partial charge is 0.388 e. The summed E-state index contributed by atoms with van der Waals surface area (Å²) in [6.07, 6.45) is 1.25. The number of rotatable bonds is 5. The quantitative estimate of drug-likeness (QED) is 0.848. The molecule has 0 aromatic carbocycles. The molecule has 1 aromatic heterocycles. The SMILES string of the molecule is COC(C)CCC(O)c1sccc1Cl. The normalized spacial score (nSPS) is 15.4. The molecule has 2 unspecified atom stereocenters. The number of ether oxygens (including phenoxy) is 1. The fourth-order valence-corrected chi connectivity index (χ4v) is 2.39. The molecule has 0 bridgehead atoms. The summed E-state index contributed by atoms with van der Waals surface area (Å²) in [7, 11) is 1.68. The Hall–Kier alpha value is -0.0900. The molecule has 80 valence electrons. The van der Waals surface area contributed by atoms with Gasteiger partial charge in [-0.2, -0.15) is 0 Å². The first kappa shape index (κ1) is 12.0. The highest BCUT2D eigenvalue weighted by atomic mass is 35.5. The van der Waals surface area contributed by atoms with Gasteiger partial charge < -0.3 is 9.84 Å². The van der Waals surface area contributed by atoms with E-state index in [1.165, 1.54) is 11.3 Å². The second-order valence-electron chi connectivity index (χ2n) is 3.27. The fraction of sp³-hybridized carbons (Fsp3) is 0.600. The number of halogens is 1. The van der Waals surface area contributed by atoms with Crippen LogP contribution in [0.15, 0.2) is 11.4 Å². The number of aliphatic hydroxyl groups excluding tert-OH is 1. The van der Waals surface area contributed by atoms with Gasteiger partial charge in [0.15, 0.2) is 0 Å². The number of aliphatic hydroxyl groups is 1. The molecule has 1 aromatic rings. The third kappa shape index (κ3) is 3.24. The summed E-state index contributed by atoms with van der Waals surface area (Å²) in [6, 6.07) is 1.81. The third-order valence-electron chi connectivity index (χ3n) is 2.20. The molecule has 1 N–H and O–H groups in total. The van der Waals surface area contributed by atoms with E-state index in [-0.39, 0.29) is 6.10 Å². The maximum Gasteiger partial charge on any atom is 0.0897 e. The highest BCUT2D eigenvalue weighted by Gasteiger charge is 2.14. The number of methoxy groups -OCH3 is 1. The first-order valence-electron chi connectivity index (χ1n) is 4.59. The van der Waals surface area contributed by atoms with Crippen LogP contribution >= 0.6 is 22.9 Å². The Morgan fingerprint density at radius 3 is 2.79 bits per heavy atom. The minimum absolute atomic E-state index is 0.184. The fourth-order valence-electron chi connectivity index (χ4n) is 1.18. The van der Waals surface area contributed by atoms with E-state index in [1.807, 2.05) is 18.4 Å². The van der Waals surface area contributed by atoms with Crippen molar-refractivity contribution < 1.29 is 9.84 Å². The van der Waals surface area contributed by atoms with Crippen LogP contribution < -0.4 is 0 Å². The Morgan fingerprint density at radius 2 is 2.29 bits per heavy atom. The Labute approximate surface area is 93.5 Å². The molecule has 0 aliphatic heterocycles. The molecule has 0 amide bonds. The van der Waals surface area contributed by atoms with Crippen molar-refractivity contribution in [2.75, 3.05) is 7.11 Å². The van der Waals surface area contributed by atoms with Crippen molar-refractivity contribution in [3.05, 3.63) is 21.3 Å². The lowest BCUT2D eigenvalue weighted by atomic mass is 10.1. The maximum atomic E-state index is 9.81. The molecule has 1 rings (SSSR count). The standard InChI is InChI=1S/C10H15ClO2S/c1-7(13-2)3-4-9(12)10-8(11)5-6-14-10/h5-7,9,12H,3-4H2,1-2H3.